The first-order valence-corrected chi connectivity index (χ1v) is 6.09. The van der Waals surface area contributed by atoms with E-state index >= 15 is 0 Å². The molecule has 0 aliphatic rings. The summed E-state index contributed by atoms with van der Waals surface area (Å²) in [6.45, 7) is 2.02. The molecular weight excluding hydrogens is 224 g/mol. The minimum Gasteiger partial charge on any atom is -0.351 e. The van der Waals surface area contributed by atoms with Gasteiger partial charge in [-0.3, -0.25) is 4.79 Å². The fraction of sp³-hybridized carbons (Fsp3) is 0.600. The van der Waals surface area contributed by atoms with Crippen LogP contribution in [0.2, 0.25) is 0 Å². The van der Waals surface area contributed by atoms with Gasteiger partial charge in [-0.25, -0.2) is 4.98 Å². The maximum atomic E-state index is 11.6. The molecule has 1 amide bonds. The highest BCUT2D eigenvalue weighted by atomic mass is 32.1. The zero-order chi connectivity index (χ0) is 12.0. The smallest absolute Gasteiger partial charge is 0.270 e. The minimum absolute atomic E-state index is 0.116. The third-order valence-corrected chi connectivity index (χ3v) is 2.90. The summed E-state index contributed by atoms with van der Waals surface area (Å²) >= 11 is 1.42. The minimum atomic E-state index is -0.116. The monoisotopic (exact) mass is 242 g/mol. The number of carbonyl (C=O) groups is 1. The first-order valence-electron chi connectivity index (χ1n) is 5.21. The van der Waals surface area contributed by atoms with E-state index in [4.69, 9.17) is 5.73 Å². The zero-order valence-electron chi connectivity index (χ0n) is 9.69. The predicted molar refractivity (Wildman–Crippen MR) is 65.5 cm³/mol. The first kappa shape index (κ1) is 13.1. The van der Waals surface area contributed by atoms with Crippen LogP contribution in [0.15, 0.2) is 5.38 Å². The Morgan fingerprint density at radius 1 is 1.62 bits per heavy atom. The van der Waals surface area contributed by atoms with Gasteiger partial charge in [0.15, 0.2) is 0 Å². The van der Waals surface area contributed by atoms with E-state index in [9.17, 15) is 4.79 Å². The lowest BCUT2D eigenvalue weighted by Crippen LogP contribution is -2.27. The van der Waals surface area contributed by atoms with Gasteiger partial charge in [-0.1, -0.05) is 0 Å². The van der Waals surface area contributed by atoms with Gasteiger partial charge >= 0.3 is 0 Å². The Balaban J connectivity index is 2.29. The third kappa shape index (κ3) is 4.26. The number of nitrogens with one attached hydrogen (secondary N) is 1. The number of carbonyl (C=O) groups excluding carboxylic acids is 1. The van der Waals surface area contributed by atoms with Crippen molar-refractivity contribution in [3.63, 3.8) is 0 Å². The molecule has 16 heavy (non-hydrogen) atoms. The van der Waals surface area contributed by atoms with E-state index in [0.717, 1.165) is 18.0 Å². The number of nitrogens with two attached hydrogens (primary N) is 1. The molecule has 3 N–H and O–H groups in total. The van der Waals surface area contributed by atoms with Crippen LogP contribution < -0.4 is 11.1 Å². The second-order valence-corrected chi connectivity index (χ2v) is 4.69. The van der Waals surface area contributed by atoms with Crippen molar-refractivity contribution < 1.29 is 4.79 Å². The van der Waals surface area contributed by atoms with E-state index in [1.807, 2.05) is 14.1 Å². The number of hydrogen-bond donors (Lipinski definition) is 2. The van der Waals surface area contributed by atoms with Crippen LogP contribution in [0.1, 0.15) is 21.9 Å². The van der Waals surface area contributed by atoms with Gasteiger partial charge in [0, 0.05) is 18.5 Å². The van der Waals surface area contributed by atoms with Crippen molar-refractivity contribution in [3.05, 3.63) is 16.1 Å². The largest absolute Gasteiger partial charge is 0.351 e. The lowest BCUT2D eigenvalue weighted by Gasteiger charge is -2.09. The molecule has 0 atom stereocenters. The fourth-order valence-electron chi connectivity index (χ4n) is 1.20. The SMILES string of the molecule is CN(C)CCCNC(=O)c1csc(CN)n1. The molecular formula is C10H18N4OS. The number of nitrogens with zero attached hydrogens (tertiary/aromatic N) is 2. The van der Waals surface area contributed by atoms with Crippen molar-refractivity contribution in [1.29, 1.82) is 0 Å². The summed E-state index contributed by atoms with van der Waals surface area (Å²) in [4.78, 5) is 17.8. The highest BCUT2D eigenvalue weighted by molar-refractivity contribution is 7.09. The van der Waals surface area contributed by atoms with Crippen molar-refractivity contribution >= 4 is 17.2 Å². The Morgan fingerprint density at radius 3 is 2.94 bits per heavy atom. The zero-order valence-corrected chi connectivity index (χ0v) is 10.5. The molecule has 1 aromatic heterocycles. The van der Waals surface area contributed by atoms with Crippen molar-refractivity contribution in [2.45, 2.75) is 13.0 Å². The van der Waals surface area contributed by atoms with Crippen LogP contribution in [-0.4, -0.2) is 43.0 Å². The van der Waals surface area contributed by atoms with Crippen LogP contribution in [0, 0.1) is 0 Å². The summed E-state index contributed by atoms with van der Waals surface area (Å²) in [5.41, 5.74) is 5.90. The van der Waals surface area contributed by atoms with Crippen LogP contribution in [0.3, 0.4) is 0 Å². The molecule has 0 radical (unpaired) electrons. The molecule has 6 heteroatoms. The van der Waals surface area contributed by atoms with Crippen molar-refractivity contribution in [2.24, 2.45) is 5.73 Å². The van der Waals surface area contributed by atoms with E-state index in [1.165, 1.54) is 11.3 Å². The van der Waals surface area contributed by atoms with Gasteiger partial charge in [0.05, 0.1) is 0 Å². The molecule has 0 aromatic carbocycles. The first-order chi connectivity index (χ1) is 7.63. The molecule has 1 rings (SSSR count). The van der Waals surface area contributed by atoms with Gasteiger partial charge in [-0.15, -0.1) is 11.3 Å². The molecule has 0 fully saturated rings. The van der Waals surface area contributed by atoms with E-state index in [2.05, 4.69) is 15.2 Å². The second-order valence-electron chi connectivity index (χ2n) is 3.74. The van der Waals surface area contributed by atoms with Crippen LogP contribution in [0.5, 0.6) is 0 Å². The van der Waals surface area contributed by atoms with Gasteiger partial charge < -0.3 is 16.0 Å². The van der Waals surface area contributed by atoms with Crippen LogP contribution in [0.25, 0.3) is 0 Å². The summed E-state index contributed by atoms with van der Waals surface area (Å²) in [5.74, 6) is -0.116. The van der Waals surface area contributed by atoms with Gasteiger partial charge in [0.25, 0.3) is 5.91 Å². The number of amides is 1. The molecule has 0 saturated carbocycles. The van der Waals surface area contributed by atoms with Gasteiger partial charge in [0.1, 0.15) is 10.7 Å². The summed E-state index contributed by atoms with van der Waals surface area (Å²) < 4.78 is 0. The fourth-order valence-corrected chi connectivity index (χ4v) is 1.85. The molecule has 0 aliphatic carbocycles. The summed E-state index contributed by atoms with van der Waals surface area (Å²) in [5, 5.41) is 5.36. The van der Waals surface area contributed by atoms with Crippen molar-refractivity contribution in [3.8, 4) is 0 Å². The van der Waals surface area contributed by atoms with Crippen LogP contribution in [-0.2, 0) is 6.54 Å². The Bertz CT molecular complexity index is 337. The third-order valence-electron chi connectivity index (χ3n) is 2.03. The van der Waals surface area contributed by atoms with E-state index in [0.29, 0.717) is 18.8 Å². The average molecular weight is 242 g/mol. The summed E-state index contributed by atoms with van der Waals surface area (Å²) in [6, 6.07) is 0. The lowest BCUT2D eigenvalue weighted by atomic mass is 10.4. The van der Waals surface area contributed by atoms with Gasteiger partial charge in [-0.2, -0.15) is 0 Å². The molecule has 90 valence electrons. The second kappa shape index (κ2) is 6.57. The average Bonchev–Trinajstić information content (AvgIpc) is 2.72. The molecule has 0 unspecified atom stereocenters. The molecule has 1 heterocycles. The Morgan fingerprint density at radius 2 is 2.38 bits per heavy atom. The van der Waals surface area contributed by atoms with E-state index in [-0.39, 0.29) is 5.91 Å². The highest BCUT2D eigenvalue weighted by Crippen LogP contribution is 2.08. The van der Waals surface area contributed by atoms with E-state index in [1.54, 1.807) is 5.38 Å². The molecule has 0 bridgehead atoms. The van der Waals surface area contributed by atoms with Crippen LogP contribution >= 0.6 is 11.3 Å². The molecule has 0 aliphatic heterocycles. The Hall–Kier alpha value is -0.980. The topological polar surface area (TPSA) is 71.2 Å². The lowest BCUT2D eigenvalue weighted by molar-refractivity contribution is 0.0948. The Kier molecular flexibility index (Phi) is 5.37. The predicted octanol–water partition coefficient (Wildman–Crippen LogP) is 0.283. The number of rotatable bonds is 6. The standard InChI is InChI=1S/C10H18N4OS/c1-14(2)5-3-4-12-10(15)8-7-16-9(6-11)13-8/h7H,3-6,11H2,1-2H3,(H,12,15). The number of hydrogen-bond acceptors (Lipinski definition) is 5. The van der Waals surface area contributed by atoms with Crippen molar-refractivity contribution in [2.75, 3.05) is 27.2 Å². The van der Waals surface area contributed by atoms with Crippen molar-refractivity contribution in [1.82, 2.24) is 15.2 Å². The maximum Gasteiger partial charge on any atom is 0.270 e. The number of thiazole rings is 1. The van der Waals surface area contributed by atoms with Gasteiger partial charge in [0.2, 0.25) is 0 Å². The highest BCUT2D eigenvalue weighted by Gasteiger charge is 2.08. The summed E-state index contributed by atoms with van der Waals surface area (Å²) in [7, 11) is 4.02. The molecule has 0 spiro atoms. The molecule has 5 nitrogen and oxygen atoms in total. The van der Waals surface area contributed by atoms with E-state index < -0.39 is 0 Å². The Labute approximate surface area is 99.7 Å². The van der Waals surface area contributed by atoms with Gasteiger partial charge in [-0.05, 0) is 27.1 Å². The molecule has 1 aromatic rings. The maximum absolute atomic E-state index is 11.6. The van der Waals surface area contributed by atoms with Crippen LogP contribution in [0.4, 0.5) is 0 Å². The number of aromatic nitrogens is 1. The normalized spacial score (nSPS) is 10.8. The summed E-state index contributed by atoms with van der Waals surface area (Å²) in [6.07, 6.45) is 0.937. The quantitative estimate of drug-likeness (QED) is 0.703. The molecule has 0 saturated heterocycles.